The maximum atomic E-state index is 13.0. The van der Waals surface area contributed by atoms with Gasteiger partial charge in [-0.2, -0.15) is 0 Å². The van der Waals surface area contributed by atoms with Crippen molar-refractivity contribution in [2.45, 2.75) is 38.3 Å². The van der Waals surface area contributed by atoms with E-state index in [4.69, 9.17) is 4.74 Å². The van der Waals surface area contributed by atoms with Gasteiger partial charge in [0.25, 0.3) is 0 Å². The van der Waals surface area contributed by atoms with Crippen LogP contribution in [0.3, 0.4) is 0 Å². The van der Waals surface area contributed by atoms with E-state index in [2.05, 4.69) is 11.4 Å². The lowest BCUT2D eigenvalue weighted by Gasteiger charge is -2.31. The number of methoxy groups -OCH3 is 1. The average Bonchev–Trinajstić information content (AvgIpc) is 2.67. The van der Waals surface area contributed by atoms with Crippen molar-refractivity contribution in [3.05, 3.63) is 59.7 Å². The Hall–Kier alpha value is -2.54. The quantitative estimate of drug-likeness (QED) is 0.806. The molecule has 0 aromatic heterocycles. The molecule has 0 heterocycles. The molecule has 2 unspecified atom stereocenters. The molecule has 0 saturated heterocycles. The van der Waals surface area contributed by atoms with Crippen LogP contribution in [-0.4, -0.2) is 33.7 Å². The van der Waals surface area contributed by atoms with Gasteiger partial charge in [-0.05, 0) is 49.4 Å². The zero-order valence-corrected chi connectivity index (χ0v) is 17.2. The van der Waals surface area contributed by atoms with E-state index in [1.165, 1.54) is 12.7 Å². The number of rotatable bonds is 6. The van der Waals surface area contributed by atoms with Crippen LogP contribution in [0.1, 0.15) is 36.9 Å². The third-order valence-electron chi connectivity index (χ3n) is 5.08. The Morgan fingerprint density at radius 2 is 1.96 bits per heavy atom. The molecule has 2 aromatic carbocycles. The lowest BCUT2D eigenvalue weighted by atomic mass is 9.87. The number of nitrogens with one attached hydrogen (secondary N) is 1. The molecule has 1 N–H and O–H groups in total. The van der Waals surface area contributed by atoms with Crippen LogP contribution in [0.2, 0.25) is 0 Å². The third-order valence-corrected chi connectivity index (χ3v) is 6.32. The summed E-state index contributed by atoms with van der Waals surface area (Å²) in [5, 5.41) is 3.05. The monoisotopic (exact) mass is 402 g/mol. The van der Waals surface area contributed by atoms with E-state index in [0.717, 1.165) is 35.4 Å². The fourth-order valence-corrected chi connectivity index (χ4v) is 4.92. The van der Waals surface area contributed by atoms with Crippen LogP contribution in [0.5, 0.6) is 5.75 Å². The molecule has 2 atom stereocenters. The summed E-state index contributed by atoms with van der Waals surface area (Å²) >= 11 is 0. The Labute approximate surface area is 166 Å². The van der Waals surface area contributed by atoms with E-state index in [1.807, 2.05) is 18.2 Å². The number of hydrogen-bond acceptors (Lipinski definition) is 4. The average molecular weight is 403 g/mol. The van der Waals surface area contributed by atoms with Crippen molar-refractivity contribution in [1.29, 1.82) is 0 Å². The Balaban J connectivity index is 1.85. The van der Waals surface area contributed by atoms with Crippen LogP contribution in [-0.2, 0) is 21.2 Å². The molecule has 0 saturated carbocycles. The lowest BCUT2D eigenvalue weighted by molar-refractivity contribution is -0.122. The summed E-state index contributed by atoms with van der Waals surface area (Å²) in [5.41, 5.74) is 2.74. The Morgan fingerprint density at radius 1 is 1.21 bits per heavy atom. The smallest absolute Gasteiger partial charge is 0.244 e. The summed E-state index contributed by atoms with van der Waals surface area (Å²) in [7, 11) is -2.16. The molecular formula is C21H26N2O4S. The van der Waals surface area contributed by atoms with Gasteiger partial charge in [0, 0.05) is 6.07 Å². The molecule has 28 heavy (non-hydrogen) atoms. The largest absolute Gasteiger partial charge is 0.497 e. The van der Waals surface area contributed by atoms with Crippen LogP contribution in [0.25, 0.3) is 0 Å². The third kappa shape index (κ3) is 4.30. The minimum Gasteiger partial charge on any atom is -0.497 e. The molecule has 0 bridgehead atoms. The zero-order valence-electron chi connectivity index (χ0n) is 16.4. The summed E-state index contributed by atoms with van der Waals surface area (Å²) in [6, 6.07) is 13.8. The standard InChI is InChI=1S/C21H26N2O4S/c1-15(23(28(3,25)26)17-10-7-11-18(14-17)27-2)21(24)22-20-13-6-9-16-8-4-5-12-19(16)20/h4-5,7-8,10-12,14-15,20H,6,9,13H2,1-3H3,(H,22,24). The van der Waals surface area contributed by atoms with E-state index in [0.29, 0.717) is 11.4 Å². The molecule has 6 nitrogen and oxygen atoms in total. The van der Waals surface area contributed by atoms with E-state index in [1.54, 1.807) is 31.2 Å². The van der Waals surface area contributed by atoms with Gasteiger partial charge in [0.2, 0.25) is 15.9 Å². The number of fused-ring (bicyclic) bond motifs is 1. The van der Waals surface area contributed by atoms with Crippen molar-refractivity contribution in [3.8, 4) is 5.75 Å². The summed E-state index contributed by atoms with van der Waals surface area (Å²) in [5.74, 6) is 0.204. The van der Waals surface area contributed by atoms with Gasteiger partial charge in [0.05, 0.1) is 25.1 Å². The molecule has 2 aromatic rings. The molecule has 0 fully saturated rings. The van der Waals surface area contributed by atoms with Crippen LogP contribution in [0, 0.1) is 0 Å². The number of anilines is 1. The maximum Gasteiger partial charge on any atom is 0.244 e. The number of carbonyl (C=O) groups excluding carboxylic acids is 1. The molecule has 0 radical (unpaired) electrons. The molecule has 1 amide bonds. The number of benzene rings is 2. The van der Waals surface area contributed by atoms with E-state index in [9.17, 15) is 13.2 Å². The van der Waals surface area contributed by atoms with Crippen LogP contribution >= 0.6 is 0 Å². The summed E-state index contributed by atoms with van der Waals surface area (Å²) in [6.07, 6.45) is 3.93. The summed E-state index contributed by atoms with van der Waals surface area (Å²) in [4.78, 5) is 13.0. The Kier molecular flexibility index (Phi) is 5.93. The second-order valence-corrected chi connectivity index (χ2v) is 8.95. The SMILES string of the molecule is COc1cccc(N(C(C)C(=O)NC2CCCc3ccccc32)S(C)(=O)=O)c1. The molecule has 3 rings (SSSR count). The van der Waals surface area contributed by atoms with Gasteiger partial charge < -0.3 is 10.1 Å². The topological polar surface area (TPSA) is 75.7 Å². The van der Waals surface area contributed by atoms with Gasteiger partial charge in [-0.1, -0.05) is 30.3 Å². The van der Waals surface area contributed by atoms with Crippen molar-refractivity contribution < 1.29 is 17.9 Å². The summed E-state index contributed by atoms with van der Waals surface area (Å²) < 4.78 is 31.3. The number of amides is 1. The minimum atomic E-state index is -3.67. The molecule has 1 aliphatic rings. The normalized spacial score (nSPS) is 17.3. The second-order valence-electron chi connectivity index (χ2n) is 7.09. The highest BCUT2D eigenvalue weighted by atomic mass is 32.2. The Bertz CT molecular complexity index is 958. The van der Waals surface area contributed by atoms with Gasteiger partial charge in [0.15, 0.2) is 0 Å². The van der Waals surface area contributed by atoms with Gasteiger partial charge in [-0.25, -0.2) is 8.42 Å². The number of nitrogens with zero attached hydrogens (tertiary/aromatic N) is 1. The summed E-state index contributed by atoms with van der Waals surface area (Å²) in [6.45, 7) is 1.60. The molecule has 1 aliphatic carbocycles. The highest BCUT2D eigenvalue weighted by molar-refractivity contribution is 7.92. The van der Waals surface area contributed by atoms with Crippen molar-refractivity contribution in [2.24, 2.45) is 0 Å². The van der Waals surface area contributed by atoms with Gasteiger partial charge in [0.1, 0.15) is 11.8 Å². The first-order valence-corrected chi connectivity index (χ1v) is 11.2. The van der Waals surface area contributed by atoms with Crippen molar-refractivity contribution in [1.82, 2.24) is 5.32 Å². The fraction of sp³-hybridized carbons (Fsp3) is 0.381. The molecule has 150 valence electrons. The Morgan fingerprint density at radius 3 is 2.68 bits per heavy atom. The number of carbonyl (C=O) groups is 1. The van der Waals surface area contributed by atoms with E-state index >= 15 is 0 Å². The van der Waals surface area contributed by atoms with Crippen molar-refractivity contribution in [3.63, 3.8) is 0 Å². The molecule has 7 heteroatoms. The number of hydrogen-bond donors (Lipinski definition) is 1. The predicted molar refractivity (Wildman–Crippen MR) is 110 cm³/mol. The van der Waals surface area contributed by atoms with Crippen molar-refractivity contribution in [2.75, 3.05) is 17.7 Å². The second kappa shape index (κ2) is 8.22. The van der Waals surface area contributed by atoms with Crippen molar-refractivity contribution >= 4 is 21.6 Å². The highest BCUT2D eigenvalue weighted by Gasteiger charge is 2.31. The van der Waals surface area contributed by atoms with E-state index < -0.39 is 16.1 Å². The first kappa shape index (κ1) is 20.2. The zero-order chi connectivity index (χ0) is 20.3. The lowest BCUT2D eigenvalue weighted by Crippen LogP contribution is -2.49. The maximum absolute atomic E-state index is 13.0. The number of aryl methyl sites for hydroxylation is 1. The minimum absolute atomic E-state index is 0.105. The molecular weight excluding hydrogens is 376 g/mol. The van der Waals surface area contributed by atoms with Crippen LogP contribution in [0.15, 0.2) is 48.5 Å². The number of sulfonamides is 1. The van der Waals surface area contributed by atoms with Crippen LogP contribution in [0.4, 0.5) is 5.69 Å². The van der Waals surface area contributed by atoms with Gasteiger partial charge in [-0.3, -0.25) is 9.10 Å². The van der Waals surface area contributed by atoms with Crippen LogP contribution < -0.4 is 14.4 Å². The van der Waals surface area contributed by atoms with E-state index in [-0.39, 0.29) is 11.9 Å². The first-order valence-electron chi connectivity index (χ1n) is 9.33. The fourth-order valence-electron chi connectivity index (χ4n) is 3.75. The molecule has 0 spiro atoms. The number of ether oxygens (including phenoxy) is 1. The molecule has 0 aliphatic heterocycles. The first-order chi connectivity index (χ1) is 13.3. The predicted octanol–water partition coefficient (Wildman–Crippen LogP) is 3.04. The van der Waals surface area contributed by atoms with Gasteiger partial charge in [-0.15, -0.1) is 0 Å². The highest BCUT2D eigenvalue weighted by Crippen LogP contribution is 2.30. The van der Waals surface area contributed by atoms with Gasteiger partial charge >= 0.3 is 0 Å².